The Labute approximate surface area is 122 Å². The van der Waals surface area contributed by atoms with Crippen LogP contribution in [0.2, 0.25) is 0 Å². The lowest BCUT2D eigenvalue weighted by atomic mass is 10.1. The van der Waals surface area contributed by atoms with Crippen LogP contribution in [0, 0.1) is 6.92 Å². The van der Waals surface area contributed by atoms with Crippen molar-refractivity contribution >= 4 is 22.9 Å². The maximum atomic E-state index is 5.67. The minimum absolute atomic E-state index is 0.412. The van der Waals surface area contributed by atoms with E-state index in [-0.39, 0.29) is 0 Å². The van der Waals surface area contributed by atoms with Crippen LogP contribution in [0.15, 0.2) is 18.2 Å². The van der Waals surface area contributed by atoms with E-state index < -0.39 is 0 Å². The van der Waals surface area contributed by atoms with Crippen LogP contribution in [0.5, 0.6) is 0 Å². The number of nitrogens with zero attached hydrogens (tertiary/aromatic N) is 1. The van der Waals surface area contributed by atoms with Gasteiger partial charge in [-0.05, 0) is 50.7 Å². The summed E-state index contributed by atoms with van der Waals surface area (Å²) in [5.74, 6) is 0. The molecular weight excluding hydrogens is 254 g/mol. The normalized spacial score (nSPS) is 12.5. The van der Waals surface area contributed by atoms with Crippen LogP contribution in [0.3, 0.4) is 0 Å². The zero-order chi connectivity index (χ0) is 14.4. The molecule has 0 saturated carbocycles. The molecule has 1 aromatic rings. The van der Waals surface area contributed by atoms with Gasteiger partial charge < -0.3 is 16.0 Å². The number of hydrogen-bond donors (Lipinski definition) is 2. The molecule has 106 valence electrons. The Kier molecular flexibility index (Phi) is 6.25. The van der Waals surface area contributed by atoms with Crippen molar-refractivity contribution < 1.29 is 0 Å². The first-order valence-corrected chi connectivity index (χ1v) is 7.28. The molecule has 0 aliphatic carbocycles. The monoisotopic (exact) mass is 279 g/mol. The van der Waals surface area contributed by atoms with Gasteiger partial charge in [0.2, 0.25) is 0 Å². The van der Waals surface area contributed by atoms with Gasteiger partial charge >= 0.3 is 0 Å². The standard InChI is InChI=1S/C15H25N3S/c1-5-18(6-2)10-12(4)17-13-7-8-14(15(16)19)11(3)9-13/h7-9,12,17H,5-6,10H2,1-4H3,(H2,16,19). The molecule has 0 fully saturated rings. The highest BCUT2D eigenvalue weighted by Gasteiger charge is 2.08. The number of thiocarbonyl (C=S) groups is 1. The summed E-state index contributed by atoms with van der Waals surface area (Å²) < 4.78 is 0. The summed E-state index contributed by atoms with van der Waals surface area (Å²) >= 11 is 5.02. The molecule has 1 unspecified atom stereocenters. The number of likely N-dealkylation sites (N-methyl/N-ethyl adjacent to an activating group) is 1. The van der Waals surface area contributed by atoms with Crippen molar-refractivity contribution in [1.29, 1.82) is 0 Å². The van der Waals surface area contributed by atoms with Crippen LogP contribution in [0.25, 0.3) is 0 Å². The molecule has 0 spiro atoms. The quantitative estimate of drug-likeness (QED) is 0.753. The van der Waals surface area contributed by atoms with E-state index in [4.69, 9.17) is 18.0 Å². The van der Waals surface area contributed by atoms with Gasteiger partial charge in [0, 0.05) is 23.8 Å². The highest BCUT2D eigenvalue weighted by Crippen LogP contribution is 2.16. The zero-order valence-electron chi connectivity index (χ0n) is 12.4. The topological polar surface area (TPSA) is 41.3 Å². The Balaban J connectivity index is 2.67. The Hall–Kier alpha value is -1.13. The van der Waals surface area contributed by atoms with Crippen LogP contribution in [0.4, 0.5) is 5.69 Å². The second-order valence-electron chi connectivity index (χ2n) is 4.93. The summed E-state index contributed by atoms with van der Waals surface area (Å²) in [5, 5.41) is 3.52. The smallest absolute Gasteiger partial charge is 0.104 e. The molecule has 1 atom stereocenters. The molecule has 0 saturated heterocycles. The van der Waals surface area contributed by atoms with Crippen LogP contribution in [-0.4, -0.2) is 35.6 Å². The number of benzene rings is 1. The largest absolute Gasteiger partial charge is 0.389 e. The van der Waals surface area contributed by atoms with Crippen LogP contribution >= 0.6 is 12.2 Å². The average Bonchev–Trinajstić information content (AvgIpc) is 2.35. The molecule has 0 aliphatic heterocycles. The van der Waals surface area contributed by atoms with Gasteiger partial charge in [0.05, 0.1) is 0 Å². The van der Waals surface area contributed by atoms with Crippen molar-refractivity contribution in [3.05, 3.63) is 29.3 Å². The Morgan fingerprint density at radius 3 is 2.47 bits per heavy atom. The first kappa shape index (κ1) is 15.9. The minimum Gasteiger partial charge on any atom is -0.389 e. The van der Waals surface area contributed by atoms with E-state index in [9.17, 15) is 0 Å². The van der Waals surface area contributed by atoms with Crippen molar-refractivity contribution in [1.82, 2.24) is 4.90 Å². The summed E-state index contributed by atoms with van der Waals surface area (Å²) in [5.41, 5.74) is 8.87. The number of nitrogens with one attached hydrogen (secondary N) is 1. The fraction of sp³-hybridized carbons (Fsp3) is 0.533. The second-order valence-corrected chi connectivity index (χ2v) is 5.37. The zero-order valence-corrected chi connectivity index (χ0v) is 13.2. The van der Waals surface area contributed by atoms with Gasteiger partial charge in [-0.2, -0.15) is 0 Å². The molecule has 0 radical (unpaired) electrons. The third kappa shape index (κ3) is 4.80. The number of rotatable bonds is 7. The van der Waals surface area contributed by atoms with Gasteiger partial charge in [0.25, 0.3) is 0 Å². The molecule has 3 nitrogen and oxygen atoms in total. The van der Waals surface area contributed by atoms with Gasteiger partial charge in [-0.15, -0.1) is 0 Å². The van der Waals surface area contributed by atoms with Gasteiger partial charge in [0.15, 0.2) is 0 Å². The molecule has 1 rings (SSSR count). The highest BCUT2D eigenvalue weighted by molar-refractivity contribution is 7.80. The fourth-order valence-electron chi connectivity index (χ4n) is 2.23. The van der Waals surface area contributed by atoms with Crippen molar-refractivity contribution in [3.63, 3.8) is 0 Å². The molecule has 4 heteroatoms. The lowest BCUT2D eigenvalue weighted by Gasteiger charge is -2.24. The van der Waals surface area contributed by atoms with Crippen LogP contribution in [-0.2, 0) is 0 Å². The van der Waals surface area contributed by atoms with E-state index >= 15 is 0 Å². The second kappa shape index (κ2) is 7.46. The van der Waals surface area contributed by atoms with Crippen LogP contribution in [0.1, 0.15) is 31.9 Å². The first-order valence-electron chi connectivity index (χ1n) is 6.87. The number of anilines is 1. The van der Waals surface area contributed by atoms with Crippen molar-refractivity contribution in [2.75, 3.05) is 25.0 Å². The number of nitrogens with two attached hydrogens (primary N) is 1. The third-order valence-electron chi connectivity index (χ3n) is 3.33. The fourth-order valence-corrected chi connectivity index (χ4v) is 2.46. The lowest BCUT2D eigenvalue weighted by Crippen LogP contribution is -2.34. The molecule has 0 aliphatic rings. The van der Waals surface area contributed by atoms with E-state index in [0.717, 1.165) is 36.4 Å². The first-order chi connectivity index (χ1) is 8.97. The van der Waals surface area contributed by atoms with Gasteiger partial charge in [-0.1, -0.05) is 26.1 Å². The van der Waals surface area contributed by atoms with Crippen molar-refractivity contribution in [2.24, 2.45) is 5.73 Å². The summed E-state index contributed by atoms with van der Waals surface area (Å²) in [7, 11) is 0. The van der Waals surface area contributed by atoms with E-state index in [0.29, 0.717) is 11.0 Å². The van der Waals surface area contributed by atoms with Crippen LogP contribution < -0.4 is 11.1 Å². The number of hydrogen-bond acceptors (Lipinski definition) is 3. The van der Waals surface area contributed by atoms with Crippen molar-refractivity contribution in [3.8, 4) is 0 Å². The molecule has 0 heterocycles. The maximum absolute atomic E-state index is 5.67. The predicted octanol–water partition coefficient (Wildman–Crippen LogP) is 2.77. The van der Waals surface area contributed by atoms with Crippen molar-refractivity contribution in [2.45, 2.75) is 33.7 Å². The van der Waals surface area contributed by atoms with E-state index in [1.807, 2.05) is 19.1 Å². The predicted molar refractivity (Wildman–Crippen MR) is 87.9 cm³/mol. The average molecular weight is 279 g/mol. The molecule has 1 aromatic carbocycles. The molecular formula is C15H25N3S. The SMILES string of the molecule is CCN(CC)CC(C)Nc1ccc(C(N)=S)c(C)c1. The Bertz CT molecular complexity index is 427. The molecule has 0 bridgehead atoms. The molecule has 0 amide bonds. The lowest BCUT2D eigenvalue weighted by molar-refractivity contribution is 0.295. The van der Waals surface area contributed by atoms with Gasteiger partial charge in [0.1, 0.15) is 4.99 Å². The molecule has 0 aromatic heterocycles. The highest BCUT2D eigenvalue weighted by atomic mass is 32.1. The summed E-state index contributed by atoms with van der Waals surface area (Å²) in [6, 6.07) is 6.55. The summed E-state index contributed by atoms with van der Waals surface area (Å²) in [6.07, 6.45) is 0. The number of aryl methyl sites for hydroxylation is 1. The molecule has 3 N–H and O–H groups in total. The molecule has 19 heavy (non-hydrogen) atoms. The Morgan fingerprint density at radius 2 is 2.00 bits per heavy atom. The van der Waals surface area contributed by atoms with Gasteiger partial charge in [-0.25, -0.2) is 0 Å². The maximum Gasteiger partial charge on any atom is 0.104 e. The van der Waals surface area contributed by atoms with E-state index in [2.05, 4.69) is 37.1 Å². The van der Waals surface area contributed by atoms with Gasteiger partial charge in [-0.3, -0.25) is 0 Å². The third-order valence-corrected chi connectivity index (χ3v) is 3.55. The van der Waals surface area contributed by atoms with E-state index in [1.165, 1.54) is 0 Å². The summed E-state index contributed by atoms with van der Waals surface area (Å²) in [6.45, 7) is 11.8. The Morgan fingerprint density at radius 1 is 1.37 bits per heavy atom. The summed E-state index contributed by atoms with van der Waals surface area (Å²) in [4.78, 5) is 2.87. The van der Waals surface area contributed by atoms with E-state index in [1.54, 1.807) is 0 Å². The minimum atomic E-state index is 0.412.